The Hall–Kier alpha value is -2.04. The van der Waals surface area contributed by atoms with Gasteiger partial charge in [-0.05, 0) is 43.5 Å². The predicted octanol–water partition coefficient (Wildman–Crippen LogP) is 3.20. The second kappa shape index (κ2) is 5.30. The number of aliphatic hydroxyl groups is 2. The van der Waals surface area contributed by atoms with E-state index in [1.165, 1.54) is 0 Å². The molecule has 1 fully saturated rings. The van der Waals surface area contributed by atoms with Crippen LogP contribution in [0.15, 0.2) is 48.5 Å². The molecule has 0 unspecified atom stereocenters. The summed E-state index contributed by atoms with van der Waals surface area (Å²) < 4.78 is 5.97. The van der Waals surface area contributed by atoms with Gasteiger partial charge in [-0.25, -0.2) is 0 Å². The molecule has 0 aromatic heterocycles. The monoisotopic (exact) mass is 297 g/mol. The van der Waals surface area contributed by atoms with Crippen LogP contribution in [0.1, 0.15) is 19.3 Å². The molecule has 4 nitrogen and oxygen atoms in total. The maximum absolute atomic E-state index is 10.5. The minimum Gasteiger partial charge on any atom is -0.453 e. The summed E-state index contributed by atoms with van der Waals surface area (Å²) in [5, 5.41) is 20.6. The lowest BCUT2D eigenvalue weighted by atomic mass is 9.88. The number of hydrogen-bond donors (Lipinski definition) is 2. The van der Waals surface area contributed by atoms with Crippen LogP contribution in [0.25, 0.3) is 0 Å². The Kier molecular flexibility index (Phi) is 3.28. The van der Waals surface area contributed by atoms with Crippen molar-refractivity contribution in [3.63, 3.8) is 0 Å². The first kappa shape index (κ1) is 13.6. The van der Waals surface area contributed by atoms with Gasteiger partial charge in [-0.1, -0.05) is 24.3 Å². The molecule has 22 heavy (non-hydrogen) atoms. The zero-order valence-corrected chi connectivity index (χ0v) is 12.2. The molecule has 0 radical (unpaired) electrons. The second-order valence-electron chi connectivity index (χ2n) is 5.96. The molecule has 0 saturated heterocycles. The normalized spacial score (nSPS) is 26.8. The van der Waals surface area contributed by atoms with Crippen molar-refractivity contribution in [1.29, 1.82) is 0 Å². The molecule has 0 amide bonds. The van der Waals surface area contributed by atoms with Gasteiger partial charge in [-0.15, -0.1) is 0 Å². The summed E-state index contributed by atoms with van der Waals surface area (Å²) in [6.07, 6.45) is 0.991. The van der Waals surface area contributed by atoms with E-state index in [4.69, 9.17) is 4.74 Å². The van der Waals surface area contributed by atoms with E-state index in [2.05, 4.69) is 4.90 Å². The van der Waals surface area contributed by atoms with Crippen molar-refractivity contribution >= 4 is 11.4 Å². The number of fused-ring (bicyclic) bond motifs is 2. The van der Waals surface area contributed by atoms with Gasteiger partial charge >= 0.3 is 0 Å². The third-order valence-electron chi connectivity index (χ3n) is 4.59. The Bertz CT molecular complexity index is 642. The second-order valence-corrected chi connectivity index (χ2v) is 5.96. The number of benzene rings is 2. The smallest absolute Gasteiger partial charge is 0.151 e. The van der Waals surface area contributed by atoms with Gasteiger partial charge in [0.25, 0.3) is 0 Å². The summed E-state index contributed by atoms with van der Waals surface area (Å²) >= 11 is 0. The molecule has 1 heterocycles. The van der Waals surface area contributed by atoms with Crippen LogP contribution in [0, 0.1) is 0 Å². The van der Waals surface area contributed by atoms with E-state index in [1.54, 1.807) is 0 Å². The van der Waals surface area contributed by atoms with Gasteiger partial charge in [-0.3, -0.25) is 0 Å². The summed E-state index contributed by atoms with van der Waals surface area (Å²) in [5.41, 5.74) is 1.89. The highest BCUT2D eigenvalue weighted by Gasteiger charge is 2.38. The van der Waals surface area contributed by atoms with Crippen molar-refractivity contribution in [1.82, 2.24) is 0 Å². The number of anilines is 2. The minimum atomic E-state index is -0.757. The highest BCUT2D eigenvalue weighted by Crippen LogP contribution is 2.48. The highest BCUT2D eigenvalue weighted by atomic mass is 16.5. The number of nitrogens with zero attached hydrogens (tertiary/aromatic N) is 1. The quantitative estimate of drug-likeness (QED) is 0.848. The molecule has 2 N–H and O–H groups in total. The van der Waals surface area contributed by atoms with Gasteiger partial charge in [0.2, 0.25) is 0 Å². The van der Waals surface area contributed by atoms with Crippen LogP contribution >= 0.6 is 0 Å². The zero-order valence-electron chi connectivity index (χ0n) is 12.2. The zero-order chi connectivity index (χ0) is 15.1. The van der Waals surface area contributed by atoms with Crippen LogP contribution in [0.3, 0.4) is 0 Å². The first-order chi connectivity index (χ1) is 10.8. The summed E-state index contributed by atoms with van der Waals surface area (Å²) in [6.45, 7) is 0. The number of rotatable bonds is 1. The van der Waals surface area contributed by atoms with Crippen LogP contribution in [0.4, 0.5) is 11.4 Å². The van der Waals surface area contributed by atoms with Crippen LogP contribution in [0.5, 0.6) is 11.5 Å². The number of hydrogen-bond acceptors (Lipinski definition) is 4. The molecule has 0 spiro atoms. The average Bonchev–Trinajstić information content (AvgIpc) is 2.55. The third kappa shape index (κ3) is 2.07. The highest BCUT2D eigenvalue weighted by molar-refractivity contribution is 5.78. The van der Waals surface area contributed by atoms with E-state index in [0.717, 1.165) is 35.7 Å². The van der Waals surface area contributed by atoms with E-state index in [9.17, 15) is 10.2 Å². The first-order valence-electron chi connectivity index (χ1n) is 7.77. The lowest BCUT2D eigenvalue weighted by Gasteiger charge is -2.43. The van der Waals surface area contributed by atoms with Crippen molar-refractivity contribution in [3.8, 4) is 11.5 Å². The van der Waals surface area contributed by atoms with E-state index in [1.807, 2.05) is 48.5 Å². The minimum absolute atomic E-state index is 0.144. The molecular weight excluding hydrogens is 278 g/mol. The molecule has 2 aromatic rings. The third-order valence-corrected chi connectivity index (χ3v) is 4.59. The molecule has 1 aliphatic carbocycles. The number of aliphatic hydroxyl groups excluding tert-OH is 2. The van der Waals surface area contributed by atoms with Crippen molar-refractivity contribution in [2.24, 2.45) is 0 Å². The Labute approximate surface area is 129 Å². The summed E-state index contributed by atoms with van der Waals surface area (Å²) in [7, 11) is 0. The molecule has 4 rings (SSSR count). The van der Waals surface area contributed by atoms with Crippen LogP contribution in [0.2, 0.25) is 0 Å². The standard InChI is InChI=1S/C18H19NO3/c20-15-9-5-8-14(18(15)21)19-12-6-1-3-10-16(12)22-17-11-4-2-7-13(17)19/h1-4,6-7,10-11,14-15,18,20-21H,5,8-9H2/t14-,15-,18+/m0/s1. The van der Waals surface area contributed by atoms with E-state index in [-0.39, 0.29) is 6.04 Å². The number of para-hydroxylation sites is 4. The lowest BCUT2D eigenvalue weighted by Crippen LogP contribution is -2.50. The van der Waals surface area contributed by atoms with Crippen LogP contribution in [-0.4, -0.2) is 28.5 Å². The maximum atomic E-state index is 10.5. The number of ether oxygens (including phenoxy) is 1. The van der Waals surface area contributed by atoms with Gasteiger partial charge in [0.15, 0.2) is 11.5 Å². The molecule has 2 aromatic carbocycles. The molecule has 4 heteroatoms. The van der Waals surface area contributed by atoms with Crippen molar-refractivity contribution in [2.45, 2.75) is 37.5 Å². The summed E-state index contributed by atoms with van der Waals surface area (Å²) in [5.74, 6) is 1.57. The van der Waals surface area contributed by atoms with Crippen molar-refractivity contribution in [2.75, 3.05) is 4.90 Å². The Morgan fingerprint density at radius 3 is 2.09 bits per heavy atom. The van der Waals surface area contributed by atoms with Gasteiger partial charge in [0, 0.05) is 0 Å². The van der Waals surface area contributed by atoms with E-state index < -0.39 is 12.2 Å². The molecule has 0 bridgehead atoms. The van der Waals surface area contributed by atoms with Gasteiger partial charge in [0.05, 0.1) is 23.5 Å². The summed E-state index contributed by atoms with van der Waals surface area (Å²) in [6, 6.07) is 15.5. The maximum Gasteiger partial charge on any atom is 0.151 e. The molecule has 2 aliphatic rings. The summed E-state index contributed by atoms with van der Waals surface area (Å²) in [4.78, 5) is 2.13. The molecule has 1 saturated carbocycles. The van der Waals surface area contributed by atoms with E-state index in [0.29, 0.717) is 6.42 Å². The van der Waals surface area contributed by atoms with Crippen LogP contribution < -0.4 is 9.64 Å². The first-order valence-corrected chi connectivity index (χ1v) is 7.77. The van der Waals surface area contributed by atoms with Crippen molar-refractivity contribution in [3.05, 3.63) is 48.5 Å². The average molecular weight is 297 g/mol. The van der Waals surface area contributed by atoms with E-state index >= 15 is 0 Å². The Morgan fingerprint density at radius 2 is 1.45 bits per heavy atom. The predicted molar refractivity (Wildman–Crippen MR) is 84.7 cm³/mol. The molecule has 3 atom stereocenters. The lowest BCUT2D eigenvalue weighted by molar-refractivity contribution is -0.0206. The molecule has 114 valence electrons. The fraction of sp³-hybridized carbons (Fsp3) is 0.333. The molecule has 1 aliphatic heterocycles. The SMILES string of the molecule is O[C@H]1[C@@H](O)CCC[C@@H]1N1c2ccccc2Oc2ccccc21. The molecular formula is C18H19NO3. The fourth-order valence-corrected chi connectivity index (χ4v) is 3.51. The fourth-order valence-electron chi connectivity index (χ4n) is 3.51. The largest absolute Gasteiger partial charge is 0.453 e. The van der Waals surface area contributed by atoms with Gasteiger partial charge < -0.3 is 19.8 Å². The Morgan fingerprint density at radius 1 is 0.864 bits per heavy atom. The van der Waals surface area contributed by atoms with Crippen molar-refractivity contribution < 1.29 is 14.9 Å². The Balaban J connectivity index is 1.84. The van der Waals surface area contributed by atoms with Gasteiger partial charge in [-0.2, -0.15) is 0 Å². The van der Waals surface area contributed by atoms with Gasteiger partial charge in [0.1, 0.15) is 6.10 Å². The van der Waals surface area contributed by atoms with Crippen LogP contribution in [-0.2, 0) is 0 Å². The topological polar surface area (TPSA) is 52.9 Å².